The molecule has 0 saturated heterocycles. The summed E-state index contributed by atoms with van der Waals surface area (Å²) in [4.78, 5) is 39.0. The van der Waals surface area contributed by atoms with E-state index >= 15 is 0 Å². The van der Waals surface area contributed by atoms with E-state index in [1.165, 1.54) is 29.4 Å². The van der Waals surface area contributed by atoms with E-state index in [2.05, 4.69) is 5.32 Å². The number of para-hydroxylation sites is 2. The van der Waals surface area contributed by atoms with E-state index in [-0.39, 0.29) is 18.5 Å². The van der Waals surface area contributed by atoms with Gasteiger partial charge in [0.05, 0.1) is 18.3 Å². The number of carbonyl (C=O) groups excluding carboxylic acids is 1. The van der Waals surface area contributed by atoms with Crippen LogP contribution in [0.3, 0.4) is 0 Å². The monoisotopic (exact) mass is 413 g/mol. The molecule has 0 spiro atoms. The van der Waals surface area contributed by atoms with Crippen LogP contribution < -0.4 is 21.3 Å². The Hall–Kier alpha value is -2.87. The molecule has 1 fully saturated rings. The van der Waals surface area contributed by atoms with E-state index in [1.807, 2.05) is 0 Å². The fourth-order valence-electron chi connectivity index (χ4n) is 3.93. The smallest absolute Gasteiger partial charge is 0.336 e. The third-order valence-corrected chi connectivity index (χ3v) is 6.24. The molecule has 1 aliphatic rings. The lowest BCUT2D eigenvalue weighted by atomic mass is 9.95. The minimum absolute atomic E-state index is 0.127. The highest BCUT2D eigenvalue weighted by Gasteiger charge is 2.21. The van der Waals surface area contributed by atoms with Crippen LogP contribution in [0.5, 0.6) is 5.75 Å². The number of hydrogen-bond donors (Lipinski definition) is 1. The molecule has 2 heterocycles. The number of aromatic nitrogens is 2. The van der Waals surface area contributed by atoms with Gasteiger partial charge in [0, 0.05) is 6.04 Å². The lowest BCUT2D eigenvalue weighted by Gasteiger charge is -2.23. The number of benzene rings is 1. The summed E-state index contributed by atoms with van der Waals surface area (Å²) in [7, 11) is 1.49. The Kier molecular flexibility index (Phi) is 5.53. The van der Waals surface area contributed by atoms with E-state index in [1.54, 1.807) is 35.7 Å². The number of carbonyl (C=O) groups is 1. The standard InChI is InChI=1S/C21H23N3O4S/c1-28-17-10-6-5-9-15(17)24-20(26)19-16(11-12-29-19)23(21(24)27)13-18(25)22-14-7-3-2-4-8-14/h5-6,9-12,14H,2-4,7-8,13H2,1H3,(H,22,25). The number of amides is 1. The number of fused-ring (bicyclic) bond motifs is 1. The van der Waals surface area contributed by atoms with E-state index in [0.717, 1.165) is 30.3 Å². The van der Waals surface area contributed by atoms with Gasteiger partial charge in [0.15, 0.2) is 0 Å². The number of nitrogens with zero attached hydrogens (tertiary/aromatic N) is 2. The SMILES string of the molecule is COc1ccccc1-n1c(=O)c2sccc2n(CC(=O)NC2CCCCC2)c1=O. The van der Waals surface area contributed by atoms with Crippen molar-refractivity contribution in [3.63, 3.8) is 0 Å². The molecule has 0 aliphatic heterocycles. The Labute approximate surface area is 171 Å². The molecule has 152 valence electrons. The quantitative estimate of drug-likeness (QED) is 0.697. The van der Waals surface area contributed by atoms with Gasteiger partial charge in [-0.1, -0.05) is 31.4 Å². The summed E-state index contributed by atoms with van der Waals surface area (Å²) in [6.07, 6.45) is 5.35. The van der Waals surface area contributed by atoms with Gasteiger partial charge in [-0.15, -0.1) is 11.3 Å². The zero-order valence-electron chi connectivity index (χ0n) is 16.2. The summed E-state index contributed by atoms with van der Waals surface area (Å²) in [6.45, 7) is -0.127. The van der Waals surface area contributed by atoms with Gasteiger partial charge in [-0.05, 0) is 36.4 Å². The molecule has 4 rings (SSSR count). The molecule has 0 atom stereocenters. The van der Waals surface area contributed by atoms with Crippen molar-refractivity contribution in [2.75, 3.05) is 7.11 Å². The lowest BCUT2D eigenvalue weighted by Crippen LogP contribution is -2.43. The Morgan fingerprint density at radius 2 is 1.93 bits per heavy atom. The molecule has 29 heavy (non-hydrogen) atoms. The first-order valence-electron chi connectivity index (χ1n) is 9.76. The van der Waals surface area contributed by atoms with Crippen LogP contribution in [0.2, 0.25) is 0 Å². The van der Waals surface area contributed by atoms with Crippen LogP contribution in [0.25, 0.3) is 15.9 Å². The molecule has 7 nitrogen and oxygen atoms in total. The van der Waals surface area contributed by atoms with Gasteiger partial charge < -0.3 is 10.1 Å². The lowest BCUT2D eigenvalue weighted by molar-refractivity contribution is -0.122. The maximum atomic E-state index is 13.3. The fourth-order valence-corrected chi connectivity index (χ4v) is 4.75. The van der Waals surface area contributed by atoms with Gasteiger partial charge in [0.25, 0.3) is 5.56 Å². The van der Waals surface area contributed by atoms with Crippen LogP contribution in [0.1, 0.15) is 32.1 Å². The Morgan fingerprint density at radius 1 is 1.17 bits per heavy atom. The van der Waals surface area contributed by atoms with Crippen LogP contribution in [0.15, 0.2) is 45.3 Å². The van der Waals surface area contributed by atoms with E-state index in [4.69, 9.17) is 4.74 Å². The topological polar surface area (TPSA) is 82.3 Å². The van der Waals surface area contributed by atoms with Crippen LogP contribution in [0, 0.1) is 0 Å². The zero-order chi connectivity index (χ0) is 20.4. The summed E-state index contributed by atoms with van der Waals surface area (Å²) in [5.74, 6) is 0.206. The molecule has 0 radical (unpaired) electrons. The second-order valence-electron chi connectivity index (χ2n) is 7.22. The van der Waals surface area contributed by atoms with E-state index in [9.17, 15) is 14.4 Å². The summed E-state index contributed by atoms with van der Waals surface area (Å²) in [5.41, 5.74) is -0.116. The minimum atomic E-state index is -0.552. The van der Waals surface area contributed by atoms with Crippen molar-refractivity contribution in [1.82, 2.24) is 14.5 Å². The highest BCUT2D eigenvalue weighted by molar-refractivity contribution is 7.17. The fraction of sp³-hybridized carbons (Fsp3) is 0.381. The van der Waals surface area contributed by atoms with Gasteiger partial charge in [-0.2, -0.15) is 0 Å². The normalized spacial score (nSPS) is 14.8. The molecule has 3 aromatic rings. The molecule has 8 heteroatoms. The van der Waals surface area contributed by atoms with Crippen molar-refractivity contribution < 1.29 is 9.53 Å². The highest BCUT2D eigenvalue weighted by Crippen LogP contribution is 2.22. The second kappa shape index (κ2) is 8.24. The molecule has 0 bridgehead atoms. The predicted molar refractivity (Wildman–Crippen MR) is 113 cm³/mol. The Balaban J connectivity index is 1.78. The van der Waals surface area contributed by atoms with Gasteiger partial charge in [0.1, 0.15) is 17.0 Å². The van der Waals surface area contributed by atoms with Crippen LogP contribution >= 0.6 is 11.3 Å². The van der Waals surface area contributed by atoms with Crippen molar-refractivity contribution in [3.8, 4) is 11.4 Å². The van der Waals surface area contributed by atoms with Crippen molar-refractivity contribution in [2.45, 2.75) is 44.7 Å². The molecular formula is C21H23N3O4S. The average molecular weight is 413 g/mol. The predicted octanol–water partition coefficient (Wildman–Crippen LogP) is 2.67. The number of thiophene rings is 1. The summed E-state index contributed by atoms with van der Waals surface area (Å²) in [5, 5.41) is 4.80. The minimum Gasteiger partial charge on any atom is -0.495 e. The highest BCUT2D eigenvalue weighted by atomic mass is 32.1. The van der Waals surface area contributed by atoms with E-state index < -0.39 is 11.2 Å². The molecule has 1 saturated carbocycles. The molecule has 1 amide bonds. The molecule has 1 aliphatic carbocycles. The first kappa shape index (κ1) is 19.4. The largest absolute Gasteiger partial charge is 0.495 e. The first-order valence-corrected chi connectivity index (χ1v) is 10.6. The number of nitrogens with one attached hydrogen (secondary N) is 1. The Morgan fingerprint density at radius 3 is 2.69 bits per heavy atom. The second-order valence-corrected chi connectivity index (χ2v) is 8.13. The van der Waals surface area contributed by atoms with E-state index in [0.29, 0.717) is 21.7 Å². The van der Waals surface area contributed by atoms with Gasteiger partial charge in [-0.25, -0.2) is 9.36 Å². The molecule has 1 N–H and O–H groups in total. The summed E-state index contributed by atoms with van der Waals surface area (Å²) >= 11 is 1.26. The van der Waals surface area contributed by atoms with Crippen LogP contribution in [0.4, 0.5) is 0 Å². The molecule has 1 aromatic carbocycles. The third-order valence-electron chi connectivity index (χ3n) is 5.35. The summed E-state index contributed by atoms with van der Waals surface area (Å²) in [6, 6.07) is 8.73. The first-order chi connectivity index (χ1) is 14.1. The maximum Gasteiger partial charge on any atom is 0.336 e. The number of rotatable bonds is 5. The van der Waals surface area contributed by atoms with Crippen molar-refractivity contribution in [3.05, 3.63) is 56.5 Å². The zero-order valence-corrected chi connectivity index (χ0v) is 17.0. The number of methoxy groups -OCH3 is 1. The summed E-state index contributed by atoms with van der Waals surface area (Å²) < 4.78 is 8.23. The van der Waals surface area contributed by atoms with Crippen molar-refractivity contribution in [2.24, 2.45) is 0 Å². The average Bonchev–Trinajstić information content (AvgIpc) is 3.22. The molecular weight excluding hydrogens is 390 g/mol. The maximum absolute atomic E-state index is 13.3. The van der Waals surface area contributed by atoms with Crippen LogP contribution in [-0.2, 0) is 11.3 Å². The molecule has 2 aromatic heterocycles. The van der Waals surface area contributed by atoms with Crippen molar-refractivity contribution >= 4 is 27.5 Å². The van der Waals surface area contributed by atoms with Gasteiger partial charge in [0.2, 0.25) is 5.91 Å². The number of hydrogen-bond acceptors (Lipinski definition) is 5. The van der Waals surface area contributed by atoms with Crippen LogP contribution in [-0.4, -0.2) is 28.2 Å². The Bertz CT molecular complexity index is 1150. The van der Waals surface area contributed by atoms with Crippen molar-refractivity contribution in [1.29, 1.82) is 0 Å². The van der Waals surface area contributed by atoms with Gasteiger partial charge >= 0.3 is 5.69 Å². The molecule has 0 unspecified atom stereocenters. The third kappa shape index (κ3) is 3.72. The number of ether oxygens (including phenoxy) is 1. The van der Waals surface area contributed by atoms with Gasteiger partial charge in [-0.3, -0.25) is 14.2 Å².